The molecule has 2 unspecified atom stereocenters. The van der Waals surface area contributed by atoms with Crippen LogP contribution in [0.3, 0.4) is 0 Å². The van der Waals surface area contributed by atoms with Gasteiger partial charge in [0.25, 0.3) is 0 Å². The second-order valence-corrected chi connectivity index (χ2v) is 5.86. The molecule has 68 valence electrons. The Kier molecular flexibility index (Phi) is 4.20. The van der Waals surface area contributed by atoms with Gasteiger partial charge in [0.2, 0.25) is 0 Å². The second-order valence-electron chi connectivity index (χ2n) is 2.81. The van der Waals surface area contributed by atoms with Crippen molar-refractivity contribution in [2.24, 2.45) is 11.5 Å². The SMILES string of the molecule is CCC(N)[Si](O)(O)C(N)CC. The maximum absolute atomic E-state index is 9.50. The van der Waals surface area contributed by atoms with Gasteiger partial charge in [0.15, 0.2) is 0 Å². The maximum Gasteiger partial charge on any atom is 0.367 e. The molecule has 2 atom stereocenters. The van der Waals surface area contributed by atoms with E-state index in [0.29, 0.717) is 12.8 Å². The largest absolute Gasteiger partial charge is 0.409 e. The summed E-state index contributed by atoms with van der Waals surface area (Å²) in [6, 6.07) is 0. The molecule has 0 bridgehead atoms. The first kappa shape index (κ1) is 11.1. The van der Waals surface area contributed by atoms with Gasteiger partial charge in [-0.2, -0.15) is 0 Å². The van der Waals surface area contributed by atoms with Crippen molar-refractivity contribution in [3.8, 4) is 0 Å². The zero-order chi connectivity index (χ0) is 9.07. The summed E-state index contributed by atoms with van der Waals surface area (Å²) in [5.74, 6) is 0. The van der Waals surface area contributed by atoms with E-state index in [1.807, 2.05) is 13.8 Å². The fourth-order valence-corrected chi connectivity index (χ4v) is 2.63. The molecule has 0 aliphatic carbocycles. The summed E-state index contributed by atoms with van der Waals surface area (Å²) in [6.45, 7) is 3.64. The van der Waals surface area contributed by atoms with E-state index >= 15 is 0 Å². The Hall–Kier alpha value is 0.0569. The molecule has 11 heavy (non-hydrogen) atoms. The Balaban J connectivity index is 4.18. The molecule has 0 heterocycles. The van der Waals surface area contributed by atoms with E-state index in [4.69, 9.17) is 11.5 Å². The van der Waals surface area contributed by atoms with Gasteiger partial charge in [0.1, 0.15) is 0 Å². The molecule has 0 saturated heterocycles. The number of hydrogen-bond acceptors (Lipinski definition) is 4. The molecule has 0 saturated carbocycles. The van der Waals surface area contributed by atoms with Crippen molar-refractivity contribution >= 4 is 8.56 Å². The van der Waals surface area contributed by atoms with Crippen molar-refractivity contribution in [1.29, 1.82) is 0 Å². The van der Waals surface area contributed by atoms with Crippen LogP contribution in [0.4, 0.5) is 0 Å². The van der Waals surface area contributed by atoms with Gasteiger partial charge in [-0.15, -0.1) is 0 Å². The molecule has 6 N–H and O–H groups in total. The highest BCUT2D eigenvalue weighted by Gasteiger charge is 2.41. The first-order valence-corrected chi connectivity index (χ1v) is 5.97. The summed E-state index contributed by atoms with van der Waals surface area (Å²) < 4.78 is 0. The predicted octanol–water partition coefficient (Wildman–Crippen LogP) is -1.03. The average Bonchev–Trinajstić information content (AvgIpc) is 2.01. The lowest BCUT2D eigenvalue weighted by Crippen LogP contribution is -2.64. The summed E-state index contributed by atoms with van der Waals surface area (Å²) in [6.07, 6.45) is 1.12. The summed E-state index contributed by atoms with van der Waals surface area (Å²) >= 11 is 0. The van der Waals surface area contributed by atoms with Gasteiger partial charge >= 0.3 is 8.56 Å². The molecule has 0 aromatic carbocycles. The third-order valence-corrected chi connectivity index (χ3v) is 4.97. The van der Waals surface area contributed by atoms with Gasteiger partial charge in [0, 0.05) is 11.3 Å². The summed E-state index contributed by atoms with van der Waals surface area (Å²) in [5, 5.41) is 0. The highest BCUT2D eigenvalue weighted by Crippen LogP contribution is 2.08. The van der Waals surface area contributed by atoms with Gasteiger partial charge in [-0.3, -0.25) is 0 Å². The Morgan fingerprint density at radius 3 is 1.55 bits per heavy atom. The molecule has 0 aromatic heterocycles. The van der Waals surface area contributed by atoms with E-state index in [1.54, 1.807) is 0 Å². The van der Waals surface area contributed by atoms with E-state index in [1.165, 1.54) is 0 Å². The molecule has 0 fully saturated rings. The number of nitrogens with two attached hydrogens (primary N) is 2. The molecule has 0 spiro atoms. The van der Waals surface area contributed by atoms with Gasteiger partial charge in [-0.25, -0.2) is 0 Å². The summed E-state index contributed by atoms with van der Waals surface area (Å²) in [4.78, 5) is 19.0. The van der Waals surface area contributed by atoms with E-state index in [0.717, 1.165) is 0 Å². The maximum atomic E-state index is 9.50. The quantitative estimate of drug-likeness (QED) is 0.414. The van der Waals surface area contributed by atoms with Crippen LogP contribution >= 0.6 is 0 Å². The van der Waals surface area contributed by atoms with E-state index < -0.39 is 19.9 Å². The standard InChI is InChI=1S/C6H18N2O2Si/c1-3-5(7)11(9,10)6(8)4-2/h5-6,9-10H,3-4,7-8H2,1-2H3. The lowest BCUT2D eigenvalue weighted by Gasteiger charge is -2.28. The van der Waals surface area contributed by atoms with Gasteiger partial charge in [-0.05, 0) is 12.8 Å². The van der Waals surface area contributed by atoms with Crippen LogP contribution in [0.2, 0.25) is 0 Å². The van der Waals surface area contributed by atoms with E-state index in [9.17, 15) is 9.59 Å². The third-order valence-electron chi connectivity index (χ3n) is 1.97. The molecule has 0 amide bonds. The number of hydrogen-bond donors (Lipinski definition) is 4. The van der Waals surface area contributed by atoms with Crippen LogP contribution < -0.4 is 11.5 Å². The Bertz CT molecular complexity index is 109. The minimum atomic E-state index is -3.35. The molecule has 5 heteroatoms. The minimum absolute atomic E-state index is 0.530. The lowest BCUT2D eigenvalue weighted by molar-refractivity contribution is 0.316. The fourth-order valence-electron chi connectivity index (χ4n) is 0.876. The zero-order valence-corrected chi connectivity index (χ0v) is 8.12. The molecular formula is C6H18N2O2Si. The van der Waals surface area contributed by atoms with Crippen LogP contribution in [-0.4, -0.2) is 29.5 Å². The third kappa shape index (κ3) is 2.53. The molecular weight excluding hydrogens is 160 g/mol. The van der Waals surface area contributed by atoms with Crippen molar-refractivity contribution in [3.63, 3.8) is 0 Å². The van der Waals surface area contributed by atoms with Gasteiger partial charge in [-0.1, -0.05) is 13.8 Å². The first-order chi connectivity index (χ1) is 4.96. The molecule has 0 aromatic rings. The monoisotopic (exact) mass is 178 g/mol. The Morgan fingerprint density at radius 2 is 1.36 bits per heavy atom. The molecule has 0 radical (unpaired) electrons. The van der Waals surface area contributed by atoms with Crippen molar-refractivity contribution in [1.82, 2.24) is 0 Å². The Labute approximate surface area is 68.5 Å². The average molecular weight is 178 g/mol. The van der Waals surface area contributed by atoms with Crippen LogP contribution in [0.5, 0.6) is 0 Å². The highest BCUT2D eigenvalue weighted by molar-refractivity contribution is 6.68. The molecule has 4 nitrogen and oxygen atoms in total. The smallest absolute Gasteiger partial charge is 0.367 e. The first-order valence-electron chi connectivity index (χ1n) is 3.92. The Morgan fingerprint density at radius 1 is 1.09 bits per heavy atom. The number of rotatable bonds is 4. The molecule has 0 rings (SSSR count). The minimum Gasteiger partial charge on any atom is -0.409 e. The van der Waals surface area contributed by atoms with E-state index in [-0.39, 0.29) is 0 Å². The van der Waals surface area contributed by atoms with Crippen molar-refractivity contribution < 1.29 is 9.59 Å². The van der Waals surface area contributed by atoms with Crippen molar-refractivity contribution in [3.05, 3.63) is 0 Å². The lowest BCUT2D eigenvalue weighted by atomic mass is 10.5. The fraction of sp³-hybridized carbons (Fsp3) is 1.00. The van der Waals surface area contributed by atoms with Crippen LogP contribution in [0.1, 0.15) is 26.7 Å². The van der Waals surface area contributed by atoms with Gasteiger partial charge < -0.3 is 21.1 Å². The normalized spacial score (nSPS) is 18.0. The van der Waals surface area contributed by atoms with Crippen LogP contribution in [0.15, 0.2) is 0 Å². The van der Waals surface area contributed by atoms with Crippen LogP contribution in [0.25, 0.3) is 0 Å². The van der Waals surface area contributed by atoms with Crippen molar-refractivity contribution in [2.75, 3.05) is 0 Å². The topological polar surface area (TPSA) is 92.5 Å². The van der Waals surface area contributed by atoms with Crippen molar-refractivity contribution in [2.45, 2.75) is 38.0 Å². The summed E-state index contributed by atoms with van der Waals surface area (Å²) in [5.41, 5.74) is 9.96. The summed E-state index contributed by atoms with van der Waals surface area (Å²) in [7, 11) is -3.35. The van der Waals surface area contributed by atoms with E-state index in [2.05, 4.69) is 0 Å². The predicted molar refractivity (Wildman–Crippen MR) is 46.7 cm³/mol. The van der Waals surface area contributed by atoms with Crippen LogP contribution in [0, 0.1) is 0 Å². The van der Waals surface area contributed by atoms with Gasteiger partial charge in [0.05, 0.1) is 0 Å². The second kappa shape index (κ2) is 4.17. The zero-order valence-electron chi connectivity index (χ0n) is 7.12. The highest BCUT2D eigenvalue weighted by atomic mass is 28.4. The molecule has 0 aliphatic heterocycles. The van der Waals surface area contributed by atoms with Crippen LogP contribution in [-0.2, 0) is 0 Å². The molecule has 0 aliphatic rings.